The molecule has 2 nitrogen and oxygen atoms in total. The summed E-state index contributed by atoms with van der Waals surface area (Å²) in [5.41, 5.74) is 0. The van der Waals surface area contributed by atoms with E-state index in [1.54, 1.807) is 0 Å². The monoisotopic (exact) mass is 153 g/mol. The Balaban J connectivity index is 0.000000292. The van der Waals surface area contributed by atoms with Gasteiger partial charge >= 0.3 is 0 Å². The Bertz CT molecular complexity index is 179. The Morgan fingerprint density at radius 2 is 1.55 bits per heavy atom. The van der Waals surface area contributed by atoms with Gasteiger partial charge in [-0.3, -0.25) is 0 Å². The summed E-state index contributed by atoms with van der Waals surface area (Å²) in [6.45, 7) is 4.25. The highest BCUT2D eigenvalue weighted by molar-refractivity contribution is 5.29. The van der Waals surface area contributed by atoms with E-state index in [0.717, 1.165) is 0 Å². The van der Waals surface area contributed by atoms with Gasteiger partial charge in [0.1, 0.15) is 0 Å². The van der Waals surface area contributed by atoms with Crippen molar-refractivity contribution in [1.82, 2.24) is 0 Å². The third-order valence-corrected chi connectivity index (χ3v) is 0.758. The van der Waals surface area contributed by atoms with E-state index in [0.29, 0.717) is 0 Å². The van der Waals surface area contributed by atoms with Crippen molar-refractivity contribution in [3.8, 4) is 11.5 Å². The number of hydrogen-bond donors (Lipinski definition) is 2. The van der Waals surface area contributed by atoms with Crippen LogP contribution in [0.25, 0.3) is 0 Å². The summed E-state index contributed by atoms with van der Waals surface area (Å²) in [5.74, 6) is 0.0648. The molecular weight excluding hydrogens is 140 g/mol. The average molecular weight is 153 g/mol. The maximum absolute atomic E-state index is 8.62. The van der Waals surface area contributed by atoms with Crippen LogP contribution in [0.2, 0.25) is 0 Å². The summed E-state index contributed by atoms with van der Waals surface area (Å²) in [4.78, 5) is 0. The van der Waals surface area contributed by atoms with E-state index in [1.807, 2.05) is 0 Å². The molecule has 0 aliphatic rings. The molecule has 0 radical (unpaired) electrons. The molecular formula is C9H13O2-. The lowest BCUT2D eigenvalue weighted by Crippen LogP contribution is -1.62. The van der Waals surface area contributed by atoms with Gasteiger partial charge in [0.15, 0.2) is 0 Å². The van der Waals surface area contributed by atoms with Crippen LogP contribution in [-0.4, -0.2) is 10.2 Å². The van der Waals surface area contributed by atoms with Gasteiger partial charge in [0, 0.05) is 11.5 Å². The number of phenolic OH excluding ortho intramolecular Hbond substituents is 2. The summed E-state index contributed by atoms with van der Waals surface area (Å²) in [6.07, 6.45) is 1.25. The number of hydrogen-bond acceptors (Lipinski definition) is 2. The molecule has 2 heteroatoms. The minimum absolute atomic E-state index is 0.0324. The molecule has 0 aromatic heterocycles. The molecule has 0 bridgehead atoms. The smallest absolute Gasteiger partial charge is 0.00666 e. The Morgan fingerprint density at radius 3 is 1.73 bits per heavy atom. The number of phenols is 2. The standard InChI is InChI=1S/C6H5O2.C3H8/c7-5-2-1-3-6(8)4-5;1-3-2/h2-4,7-8H;3H2,1-2H3/q-1;. The Labute approximate surface area is 67.1 Å². The van der Waals surface area contributed by atoms with E-state index >= 15 is 0 Å². The minimum Gasteiger partial charge on any atom is -0.566 e. The highest BCUT2D eigenvalue weighted by Crippen LogP contribution is 2.14. The fourth-order valence-corrected chi connectivity index (χ4v) is 0.447. The van der Waals surface area contributed by atoms with Gasteiger partial charge in [0.2, 0.25) is 0 Å². The Hall–Kier alpha value is -1.18. The van der Waals surface area contributed by atoms with Crippen LogP contribution in [0.5, 0.6) is 11.5 Å². The molecule has 0 aliphatic carbocycles. The van der Waals surface area contributed by atoms with E-state index in [1.165, 1.54) is 24.6 Å². The van der Waals surface area contributed by atoms with Crippen LogP contribution in [0.3, 0.4) is 0 Å². The van der Waals surface area contributed by atoms with E-state index < -0.39 is 0 Å². The summed E-state index contributed by atoms with van der Waals surface area (Å²) >= 11 is 0. The van der Waals surface area contributed by atoms with Gasteiger partial charge < -0.3 is 10.2 Å². The van der Waals surface area contributed by atoms with Crippen LogP contribution in [0, 0.1) is 6.07 Å². The van der Waals surface area contributed by atoms with Gasteiger partial charge in [-0.1, -0.05) is 26.3 Å². The van der Waals surface area contributed by atoms with Crippen molar-refractivity contribution in [3.05, 3.63) is 24.3 Å². The van der Waals surface area contributed by atoms with Gasteiger partial charge in [-0.05, 0) is 0 Å². The van der Waals surface area contributed by atoms with Crippen LogP contribution < -0.4 is 0 Å². The van der Waals surface area contributed by atoms with Crippen LogP contribution in [0.15, 0.2) is 18.2 Å². The summed E-state index contributed by atoms with van der Waals surface area (Å²) in [5, 5.41) is 17.2. The van der Waals surface area contributed by atoms with Gasteiger partial charge in [-0.25, -0.2) is 0 Å². The van der Waals surface area contributed by atoms with Crippen molar-refractivity contribution in [3.63, 3.8) is 0 Å². The third-order valence-electron chi connectivity index (χ3n) is 0.758. The molecule has 0 atom stereocenters. The normalized spacial score (nSPS) is 8.18. The zero-order valence-electron chi connectivity index (χ0n) is 6.83. The first-order valence-electron chi connectivity index (χ1n) is 3.59. The summed E-state index contributed by atoms with van der Waals surface area (Å²) < 4.78 is 0. The highest BCUT2D eigenvalue weighted by atomic mass is 16.3. The second kappa shape index (κ2) is 5.59. The van der Waals surface area contributed by atoms with Gasteiger partial charge in [0.05, 0.1) is 0 Å². The second-order valence-corrected chi connectivity index (χ2v) is 2.16. The first-order chi connectivity index (χ1) is 5.20. The lowest BCUT2D eigenvalue weighted by atomic mass is 10.3. The molecule has 0 spiro atoms. The molecule has 1 aromatic rings. The fraction of sp³-hybridized carbons (Fsp3) is 0.333. The highest BCUT2D eigenvalue weighted by Gasteiger charge is 1.74. The molecule has 0 saturated heterocycles. The van der Waals surface area contributed by atoms with E-state index in [4.69, 9.17) is 10.2 Å². The second-order valence-electron chi connectivity index (χ2n) is 2.16. The molecule has 0 unspecified atom stereocenters. The van der Waals surface area contributed by atoms with Crippen molar-refractivity contribution in [1.29, 1.82) is 0 Å². The zero-order chi connectivity index (χ0) is 8.69. The minimum atomic E-state index is 0.0324. The third kappa shape index (κ3) is 5.27. The van der Waals surface area contributed by atoms with Crippen LogP contribution in [-0.2, 0) is 0 Å². The van der Waals surface area contributed by atoms with Gasteiger partial charge in [-0.15, -0.1) is 12.1 Å². The average Bonchev–Trinajstić information content (AvgIpc) is 1.88. The number of rotatable bonds is 0. The van der Waals surface area contributed by atoms with Crippen LogP contribution in [0.1, 0.15) is 20.3 Å². The molecule has 11 heavy (non-hydrogen) atoms. The summed E-state index contributed by atoms with van der Waals surface area (Å²) in [7, 11) is 0. The molecule has 2 N–H and O–H groups in total. The predicted octanol–water partition coefficient (Wildman–Crippen LogP) is 2.31. The van der Waals surface area contributed by atoms with Gasteiger partial charge in [-0.2, -0.15) is 6.07 Å². The number of benzene rings is 1. The van der Waals surface area contributed by atoms with Gasteiger partial charge in [0.25, 0.3) is 0 Å². The quantitative estimate of drug-likeness (QED) is 0.561. The SMILES string of the molecule is CCC.Oc1c[c-]cc(O)c1. The lowest BCUT2D eigenvalue weighted by Gasteiger charge is -1.99. The van der Waals surface area contributed by atoms with Crippen LogP contribution >= 0.6 is 0 Å². The predicted molar refractivity (Wildman–Crippen MR) is 44.6 cm³/mol. The molecule has 62 valence electrons. The van der Waals surface area contributed by atoms with Crippen molar-refractivity contribution in [2.24, 2.45) is 0 Å². The summed E-state index contributed by atoms with van der Waals surface area (Å²) in [6, 6.07) is 6.52. The van der Waals surface area contributed by atoms with Crippen molar-refractivity contribution < 1.29 is 10.2 Å². The van der Waals surface area contributed by atoms with Crippen molar-refractivity contribution >= 4 is 0 Å². The zero-order valence-corrected chi connectivity index (χ0v) is 6.83. The molecule has 1 aromatic carbocycles. The van der Waals surface area contributed by atoms with Crippen molar-refractivity contribution in [2.45, 2.75) is 20.3 Å². The molecule has 1 rings (SSSR count). The van der Waals surface area contributed by atoms with E-state index in [2.05, 4.69) is 19.9 Å². The molecule has 0 aliphatic heterocycles. The first-order valence-corrected chi connectivity index (χ1v) is 3.59. The molecule has 0 saturated carbocycles. The first kappa shape index (κ1) is 9.82. The maximum Gasteiger partial charge on any atom is 0.00666 e. The Morgan fingerprint density at radius 1 is 1.18 bits per heavy atom. The largest absolute Gasteiger partial charge is 0.566 e. The molecule has 0 amide bonds. The number of aromatic hydroxyl groups is 2. The topological polar surface area (TPSA) is 40.5 Å². The lowest BCUT2D eigenvalue weighted by molar-refractivity contribution is 0.450. The molecule has 0 heterocycles. The van der Waals surface area contributed by atoms with Crippen LogP contribution in [0.4, 0.5) is 0 Å². The van der Waals surface area contributed by atoms with E-state index in [-0.39, 0.29) is 11.5 Å². The molecule has 0 fully saturated rings. The van der Waals surface area contributed by atoms with E-state index in [9.17, 15) is 0 Å². The van der Waals surface area contributed by atoms with Crippen molar-refractivity contribution in [2.75, 3.05) is 0 Å². The maximum atomic E-state index is 8.62. The Kier molecular flexibility index (Phi) is 4.99. The fourth-order valence-electron chi connectivity index (χ4n) is 0.447.